The summed E-state index contributed by atoms with van der Waals surface area (Å²) in [4.78, 5) is 0. The first-order valence-electron chi connectivity index (χ1n) is 4.08. The van der Waals surface area contributed by atoms with E-state index in [-0.39, 0.29) is 0 Å². The van der Waals surface area contributed by atoms with Crippen molar-refractivity contribution in [3.05, 3.63) is 12.2 Å². The van der Waals surface area contributed by atoms with E-state index in [1.54, 1.807) is 0 Å². The van der Waals surface area contributed by atoms with Crippen molar-refractivity contribution >= 4 is 0 Å². The molecule has 0 aromatic heterocycles. The molecule has 0 aromatic rings. The van der Waals surface area contributed by atoms with Gasteiger partial charge in [-0.15, -0.1) is 0 Å². The summed E-state index contributed by atoms with van der Waals surface area (Å²) < 4.78 is 0. The van der Waals surface area contributed by atoms with Crippen LogP contribution in [0.2, 0.25) is 0 Å². The lowest BCUT2D eigenvalue weighted by Crippen LogP contribution is -2.56. The molecule has 2 unspecified atom stereocenters. The van der Waals surface area contributed by atoms with Crippen molar-refractivity contribution in [3.63, 3.8) is 0 Å². The first-order valence-corrected chi connectivity index (χ1v) is 4.08. The summed E-state index contributed by atoms with van der Waals surface area (Å²) in [5.74, 6) is 0. The van der Waals surface area contributed by atoms with Crippen LogP contribution in [0.3, 0.4) is 0 Å². The average Bonchev–Trinajstić information content (AvgIpc) is 2.05. The molecule has 1 fully saturated rings. The molecule has 0 aromatic carbocycles. The maximum absolute atomic E-state index is 3.51. The highest BCUT2D eigenvalue weighted by Crippen LogP contribution is 2.13. The number of hydrogen-bond donors (Lipinski definition) is 2. The van der Waals surface area contributed by atoms with E-state index in [2.05, 4.69) is 22.8 Å². The largest absolute Gasteiger partial charge is 0.311 e. The first kappa shape index (κ1) is 6.38. The van der Waals surface area contributed by atoms with Gasteiger partial charge >= 0.3 is 0 Å². The molecule has 0 amide bonds. The minimum Gasteiger partial charge on any atom is -0.311 e. The molecule has 2 N–H and O–H groups in total. The Kier molecular flexibility index (Phi) is 1.74. The van der Waals surface area contributed by atoms with Crippen LogP contribution in [-0.4, -0.2) is 25.2 Å². The van der Waals surface area contributed by atoms with Crippen LogP contribution in [0.25, 0.3) is 0 Å². The zero-order chi connectivity index (χ0) is 6.81. The van der Waals surface area contributed by atoms with Crippen LogP contribution in [0.15, 0.2) is 12.2 Å². The van der Waals surface area contributed by atoms with E-state index >= 15 is 0 Å². The summed E-state index contributed by atoms with van der Waals surface area (Å²) in [5.41, 5.74) is 0. The van der Waals surface area contributed by atoms with Crippen molar-refractivity contribution < 1.29 is 0 Å². The summed E-state index contributed by atoms with van der Waals surface area (Å²) in [7, 11) is 0. The first-order chi connectivity index (χ1) is 4.97. The van der Waals surface area contributed by atoms with Crippen LogP contribution in [0.4, 0.5) is 0 Å². The molecular weight excluding hydrogens is 124 g/mol. The van der Waals surface area contributed by atoms with Crippen LogP contribution in [0.1, 0.15) is 12.8 Å². The number of nitrogens with one attached hydrogen (secondary N) is 2. The minimum absolute atomic E-state index is 0.707. The van der Waals surface area contributed by atoms with Crippen molar-refractivity contribution in [3.8, 4) is 0 Å². The zero-order valence-corrected chi connectivity index (χ0v) is 6.14. The predicted octanol–water partition coefficient (Wildman–Crippen LogP) is 0.266. The molecule has 1 heterocycles. The van der Waals surface area contributed by atoms with Crippen LogP contribution < -0.4 is 10.6 Å². The minimum atomic E-state index is 0.707. The Bertz CT molecular complexity index is 126. The molecule has 56 valence electrons. The van der Waals surface area contributed by atoms with E-state index in [1.165, 1.54) is 12.8 Å². The predicted molar refractivity (Wildman–Crippen MR) is 42.0 cm³/mol. The Labute approximate surface area is 61.7 Å². The normalized spacial score (nSPS) is 39.2. The molecule has 1 saturated heterocycles. The Morgan fingerprint density at radius 1 is 0.900 bits per heavy atom. The lowest BCUT2D eigenvalue weighted by Gasteiger charge is -2.34. The van der Waals surface area contributed by atoms with Crippen LogP contribution >= 0.6 is 0 Å². The van der Waals surface area contributed by atoms with Crippen molar-refractivity contribution in [2.45, 2.75) is 24.9 Å². The van der Waals surface area contributed by atoms with Gasteiger partial charge in [-0.05, 0) is 12.8 Å². The van der Waals surface area contributed by atoms with Gasteiger partial charge in [-0.1, -0.05) is 12.2 Å². The Morgan fingerprint density at radius 2 is 1.40 bits per heavy atom. The molecule has 2 atom stereocenters. The number of fused-ring (bicyclic) bond motifs is 1. The number of piperazine rings is 1. The van der Waals surface area contributed by atoms with E-state index in [0.717, 1.165) is 13.1 Å². The van der Waals surface area contributed by atoms with Crippen LogP contribution in [0, 0.1) is 0 Å². The molecule has 0 saturated carbocycles. The summed E-state index contributed by atoms with van der Waals surface area (Å²) in [6.07, 6.45) is 6.97. The van der Waals surface area contributed by atoms with Gasteiger partial charge in [0.25, 0.3) is 0 Å². The molecule has 2 nitrogen and oxygen atoms in total. The molecule has 0 bridgehead atoms. The van der Waals surface area contributed by atoms with Crippen molar-refractivity contribution in [1.29, 1.82) is 0 Å². The third kappa shape index (κ3) is 1.09. The molecule has 1 aliphatic heterocycles. The van der Waals surface area contributed by atoms with Crippen LogP contribution in [0.5, 0.6) is 0 Å². The molecule has 0 spiro atoms. The number of rotatable bonds is 0. The molecule has 0 radical (unpaired) electrons. The van der Waals surface area contributed by atoms with Crippen molar-refractivity contribution in [2.75, 3.05) is 13.1 Å². The third-order valence-corrected chi connectivity index (χ3v) is 2.37. The van der Waals surface area contributed by atoms with Gasteiger partial charge in [-0.25, -0.2) is 0 Å². The smallest absolute Gasteiger partial charge is 0.0259 e. The van der Waals surface area contributed by atoms with Gasteiger partial charge in [0.1, 0.15) is 0 Å². The Morgan fingerprint density at radius 3 is 1.90 bits per heavy atom. The Hall–Kier alpha value is -0.340. The maximum Gasteiger partial charge on any atom is 0.0259 e. The summed E-state index contributed by atoms with van der Waals surface area (Å²) in [5, 5.41) is 7.01. The van der Waals surface area contributed by atoms with E-state index in [4.69, 9.17) is 0 Å². The molecular formula is C8H14N2. The fourth-order valence-corrected chi connectivity index (χ4v) is 1.78. The molecule has 10 heavy (non-hydrogen) atoms. The second-order valence-electron chi connectivity index (χ2n) is 3.06. The summed E-state index contributed by atoms with van der Waals surface area (Å²) in [6.45, 7) is 2.27. The highest BCUT2D eigenvalue weighted by molar-refractivity contribution is 5.02. The van der Waals surface area contributed by atoms with Gasteiger partial charge in [0, 0.05) is 25.2 Å². The lowest BCUT2D eigenvalue weighted by atomic mass is 9.94. The lowest BCUT2D eigenvalue weighted by molar-refractivity contribution is 0.315. The highest BCUT2D eigenvalue weighted by atomic mass is 15.1. The van der Waals surface area contributed by atoms with Gasteiger partial charge in [0.2, 0.25) is 0 Å². The maximum atomic E-state index is 3.51. The quantitative estimate of drug-likeness (QED) is 0.469. The summed E-state index contributed by atoms with van der Waals surface area (Å²) >= 11 is 0. The summed E-state index contributed by atoms with van der Waals surface area (Å²) in [6, 6.07) is 1.41. The van der Waals surface area contributed by atoms with E-state index in [0.29, 0.717) is 12.1 Å². The standard InChI is InChI=1S/C8H14N2/c1-2-4-8-7(3-1)9-5-6-10-8/h1-2,7-10H,3-6H2. The molecule has 1 aliphatic carbocycles. The average molecular weight is 138 g/mol. The van der Waals surface area contributed by atoms with E-state index < -0.39 is 0 Å². The molecule has 2 rings (SSSR count). The van der Waals surface area contributed by atoms with Crippen molar-refractivity contribution in [2.24, 2.45) is 0 Å². The van der Waals surface area contributed by atoms with Gasteiger partial charge in [0.15, 0.2) is 0 Å². The topological polar surface area (TPSA) is 24.1 Å². The SMILES string of the molecule is C1=CCC2NCCNC2C1. The monoisotopic (exact) mass is 138 g/mol. The highest BCUT2D eigenvalue weighted by Gasteiger charge is 2.23. The van der Waals surface area contributed by atoms with Gasteiger partial charge in [-0.3, -0.25) is 0 Å². The second-order valence-corrected chi connectivity index (χ2v) is 3.06. The fraction of sp³-hybridized carbons (Fsp3) is 0.750. The molecule has 2 aliphatic rings. The zero-order valence-electron chi connectivity index (χ0n) is 6.14. The Balaban J connectivity index is 2.01. The van der Waals surface area contributed by atoms with E-state index in [1.807, 2.05) is 0 Å². The van der Waals surface area contributed by atoms with Gasteiger partial charge in [-0.2, -0.15) is 0 Å². The van der Waals surface area contributed by atoms with Crippen LogP contribution in [-0.2, 0) is 0 Å². The molecule has 2 heteroatoms. The van der Waals surface area contributed by atoms with Crippen molar-refractivity contribution in [1.82, 2.24) is 10.6 Å². The number of hydrogen-bond acceptors (Lipinski definition) is 2. The fourth-order valence-electron chi connectivity index (χ4n) is 1.78. The van der Waals surface area contributed by atoms with E-state index in [9.17, 15) is 0 Å². The van der Waals surface area contributed by atoms with Gasteiger partial charge < -0.3 is 10.6 Å². The second kappa shape index (κ2) is 2.72. The third-order valence-electron chi connectivity index (χ3n) is 2.37. The van der Waals surface area contributed by atoms with Gasteiger partial charge in [0.05, 0.1) is 0 Å².